The maximum atomic E-state index is 11.9. The molecule has 0 heterocycles. The van der Waals surface area contributed by atoms with E-state index in [0.717, 1.165) is 5.56 Å². The summed E-state index contributed by atoms with van der Waals surface area (Å²) in [6.07, 6.45) is 0. The Morgan fingerprint density at radius 2 is 1.82 bits per heavy atom. The molecule has 0 unspecified atom stereocenters. The highest BCUT2D eigenvalue weighted by molar-refractivity contribution is 6.33. The van der Waals surface area contributed by atoms with Gasteiger partial charge in [-0.25, -0.2) is 4.79 Å². The minimum Gasteiger partial charge on any atom is -0.334 e. The fourth-order valence-electron chi connectivity index (χ4n) is 1.87. The number of hydrogen-bond acceptors (Lipinski definition) is 2. The summed E-state index contributed by atoms with van der Waals surface area (Å²) < 4.78 is 0. The molecule has 0 aliphatic rings. The molecule has 2 aromatic carbocycles. The van der Waals surface area contributed by atoms with Crippen LogP contribution in [0.25, 0.3) is 0 Å². The minimum absolute atomic E-state index is 0.137. The lowest BCUT2D eigenvalue weighted by Gasteiger charge is -2.10. The van der Waals surface area contributed by atoms with Crippen LogP contribution in [0.1, 0.15) is 12.5 Å². The van der Waals surface area contributed by atoms with Crippen molar-refractivity contribution < 1.29 is 9.59 Å². The van der Waals surface area contributed by atoms with Gasteiger partial charge in [0.25, 0.3) is 0 Å². The van der Waals surface area contributed by atoms with E-state index in [1.165, 1.54) is 6.92 Å². The Morgan fingerprint density at radius 1 is 1.05 bits per heavy atom. The predicted molar refractivity (Wildman–Crippen MR) is 88.1 cm³/mol. The lowest BCUT2D eigenvalue weighted by Crippen LogP contribution is -2.28. The fourth-order valence-corrected chi connectivity index (χ4v) is 2.06. The van der Waals surface area contributed by atoms with E-state index in [2.05, 4.69) is 16.0 Å². The van der Waals surface area contributed by atoms with E-state index < -0.39 is 0 Å². The maximum absolute atomic E-state index is 11.9. The number of hydrogen-bond donors (Lipinski definition) is 3. The van der Waals surface area contributed by atoms with Crippen LogP contribution in [0.15, 0.2) is 48.5 Å². The average Bonchev–Trinajstić information content (AvgIpc) is 2.47. The molecule has 0 radical (unpaired) electrons. The molecule has 5 nitrogen and oxygen atoms in total. The molecular formula is C16H16ClN3O2. The molecule has 0 saturated heterocycles. The summed E-state index contributed by atoms with van der Waals surface area (Å²) in [5, 5.41) is 8.58. The van der Waals surface area contributed by atoms with E-state index in [1.54, 1.807) is 36.4 Å². The monoisotopic (exact) mass is 317 g/mol. The van der Waals surface area contributed by atoms with Gasteiger partial charge in [-0.15, -0.1) is 0 Å². The molecule has 0 bridgehead atoms. The number of urea groups is 1. The zero-order chi connectivity index (χ0) is 15.9. The topological polar surface area (TPSA) is 70.2 Å². The van der Waals surface area contributed by atoms with Crippen LogP contribution in [-0.4, -0.2) is 11.9 Å². The molecule has 0 spiro atoms. The lowest BCUT2D eigenvalue weighted by atomic mass is 10.2. The Kier molecular flexibility index (Phi) is 5.38. The van der Waals surface area contributed by atoms with Crippen LogP contribution < -0.4 is 16.0 Å². The number of para-hydroxylation sites is 1. The van der Waals surface area contributed by atoms with Crippen molar-refractivity contribution in [3.8, 4) is 0 Å². The lowest BCUT2D eigenvalue weighted by molar-refractivity contribution is -0.114. The number of nitrogens with one attached hydrogen (secondary N) is 3. The molecular weight excluding hydrogens is 302 g/mol. The molecule has 114 valence electrons. The first-order valence-corrected chi connectivity index (χ1v) is 7.08. The molecule has 0 saturated carbocycles. The first-order valence-electron chi connectivity index (χ1n) is 6.70. The summed E-state index contributed by atoms with van der Waals surface area (Å²) in [4.78, 5) is 22.9. The third-order valence-corrected chi connectivity index (χ3v) is 3.15. The van der Waals surface area contributed by atoms with Gasteiger partial charge < -0.3 is 16.0 Å². The zero-order valence-electron chi connectivity index (χ0n) is 12.0. The number of carbonyl (C=O) groups is 2. The number of amides is 3. The number of benzene rings is 2. The Hall–Kier alpha value is -2.53. The van der Waals surface area contributed by atoms with Gasteiger partial charge in [0, 0.05) is 19.2 Å². The molecule has 0 fully saturated rings. The largest absolute Gasteiger partial charge is 0.334 e. The van der Waals surface area contributed by atoms with Crippen molar-refractivity contribution in [2.45, 2.75) is 13.5 Å². The van der Waals surface area contributed by atoms with E-state index in [0.29, 0.717) is 22.9 Å². The van der Waals surface area contributed by atoms with Gasteiger partial charge in [-0.05, 0) is 29.8 Å². The maximum Gasteiger partial charge on any atom is 0.319 e. The van der Waals surface area contributed by atoms with Crippen LogP contribution in [0.2, 0.25) is 5.02 Å². The molecule has 0 aliphatic carbocycles. The molecule has 3 N–H and O–H groups in total. The van der Waals surface area contributed by atoms with Crippen LogP contribution >= 0.6 is 11.6 Å². The van der Waals surface area contributed by atoms with Gasteiger partial charge in [-0.3, -0.25) is 4.79 Å². The van der Waals surface area contributed by atoms with E-state index in [1.807, 2.05) is 12.1 Å². The van der Waals surface area contributed by atoms with E-state index in [-0.39, 0.29) is 11.9 Å². The second kappa shape index (κ2) is 7.47. The standard InChI is InChI=1S/C16H16ClN3O2/c1-11(21)19-13-6-4-5-12(9-13)10-18-16(22)20-15-8-3-2-7-14(15)17/h2-9H,10H2,1H3,(H,19,21)(H2,18,20,22). The normalized spacial score (nSPS) is 9.91. The Balaban J connectivity index is 1.91. The van der Waals surface area contributed by atoms with Gasteiger partial charge in [-0.2, -0.15) is 0 Å². The van der Waals surface area contributed by atoms with Crippen LogP contribution in [0.5, 0.6) is 0 Å². The van der Waals surface area contributed by atoms with Gasteiger partial charge in [0.15, 0.2) is 0 Å². The minimum atomic E-state index is -0.349. The average molecular weight is 318 g/mol. The van der Waals surface area contributed by atoms with Crippen molar-refractivity contribution in [2.24, 2.45) is 0 Å². The summed E-state index contributed by atoms with van der Waals surface area (Å²) in [6, 6.07) is 13.9. The first kappa shape index (κ1) is 15.9. The molecule has 22 heavy (non-hydrogen) atoms. The highest BCUT2D eigenvalue weighted by Gasteiger charge is 2.05. The smallest absolute Gasteiger partial charge is 0.319 e. The number of rotatable bonds is 4. The van der Waals surface area contributed by atoms with Gasteiger partial charge >= 0.3 is 6.03 Å². The second-order valence-electron chi connectivity index (χ2n) is 4.67. The quantitative estimate of drug-likeness (QED) is 0.806. The van der Waals surface area contributed by atoms with Crippen molar-refractivity contribution in [1.29, 1.82) is 0 Å². The summed E-state index contributed by atoms with van der Waals surface area (Å²) in [5.41, 5.74) is 2.12. The third kappa shape index (κ3) is 4.79. The summed E-state index contributed by atoms with van der Waals surface area (Å²) in [7, 11) is 0. The van der Waals surface area contributed by atoms with Gasteiger partial charge in [-0.1, -0.05) is 35.9 Å². The molecule has 2 aromatic rings. The van der Waals surface area contributed by atoms with Gasteiger partial charge in [0.2, 0.25) is 5.91 Å². The Labute approximate surface area is 133 Å². The van der Waals surface area contributed by atoms with Crippen LogP contribution in [0.3, 0.4) is 0 Å². The van der Waals surface area contributed by atoms with Gasteiger partial charge in [0.05, 0.1) is 10.7 Å². The van der Waals surface area contributed by atoms with E-state index >= 15 is 0 Å². The highest BCUT2D eigenvalue weighted by Crippen LogP contribution is 2.20. The SMILES string of the molecule is CC(=O)Nc1cccc(CNC(=O)Nc2ccccc2Cl)c1. The Morgan fingerprint density at radius 3 is 2.55 bits per heavy atom. The molecule has 0 atom stereocenters. The van der Waals surface area contributed by atoms with Crippen LogP contribution in [0.4, 0.5) is 16.2 Å². The van der Waals surface area contributed by atoms with Crippen molar-refractivity contribution in [1.82, 2.24) is 5.32 Å². The number of halogens is 1. The fraction of sp³-hybridized carbons (Fsp3) is 0.125. The molecule has 6 heteroatoms. The van der Waals surface area contributed by atoms with E-state index in [9.17, 15) is 9.59 Å². The Bertz CT molecular complexity index is 689. The first-order chi connectivity index (χ1) is 10.5. The van der Waals surface area contributed by atoms with Crippen LogP contribution in [0, 0.1) is 0 Å². The van der Waals surface area contributed by atoms with Crippen molar-refractivity contribution >= 4 is 34.9 Å². The zero-order valence-corrected chi connectivity index (χ0v) is 12.8. The summed E-state index contributed by atoms with van der Waals surface area (Å²) in [6.45, 7) is 1.78. The van der Waals surface area contributed by atoms with Crippen LogP contribution in [-0.2, 0) is 11.3 Å². The van der Waals surface area contributed by atoms with E-state index in [4.69, 9.17) is 11.6 Å². The summed E-state index contributed by atoms with van der Waals surface area (Å²) in [5.74, 6) is -0.137. The number of anilines is 2. The predicted octanol–water partition coefficient (Wildman–Crippen LogP) is 3.62. The third-order valence-electron chi connectivity index (χ3n) is 2.82. The van der Waals surface area contributed by atoms with Crippen molar-refractivity contribution in [2.75, 3.05) is 10.6 Å². The number of carbonyl (C=O) groups excluding carboxylic acids is 2. The molecule has 0 aromatic heterocycles. The highest BCUT2D eigenvalue weighted by atomic mass is 35.5. The van der Waals surface area contributed by atoms with Crippen molar-refractivity contribution in [3.05, 3.63) is 59.1 Å². The molecule has 0 aliphatic heterocycles. The van der Waals surface area contributed by atoms with Gasteiger partial charge in [0.1, 0.15) is 0 Å². The summed E-state index contributed by atoms with van der Waals surface area (Å²) >= 11 is 5.97. The molecule has 2 rings (SSSR count). The molecule has 3 amide bonds. The van der Waals surface area contributed by atoms with Crippen molar-refractivity contribution in [3.63, 3.8) is 0 Å². The second-order valence-corrected chi connectivity index (χ2v) is 5.08.